The molecule has 1 unspecified atom stereocenters. The highest BCUT2D eigenvalue weighted by atomic mass is 32.2. The van der Waals surface area contributed by atoms with E-state index in [1.165, 1.54) is 0 Å². The lowest BCUT2D eigenvalue weighted by molar-refractivity contribution is -0.903. The maximum absolute atomic E-state index is 12.1. The zero-order valence-electron chi connectivity index (χ0n) is 11.3. The molecule has 0 spiro atoms. The molecule has 2 rings (SSSR count). The summed E-state index contributed by atoms with van der Waals surface area (Å²) in [6.07, 6.45) is 0. The molecule has 1 atom stereocenters. The van der Waals surface area contributed by atoms with Gasteiger partial charge in [0, 0.05) is 0 Å². The zero-order valence-corrected chi connectivity index (χ0v) is 12.1. The van der Waals surface area contributed by atoms with Gasteiger partial charge in [0.2, 0.25) is 5.96 Å². The summed E-state index contributed by atoms with van der Waals surface area (Å²) in [7, 11) is -3.61. The molecule has 8 heteroatoms. The summed E-state index contributed by atoms with van der Waals surface area (Å²) in [5, 5.41) is 11.7. The fourth-order valence-corrected chi connectivity index (χ4v) is 2.81. The number of hydrogen-bond acceptors (Lipinski definition) is 5. The lowest BCUT2D eigenvalue weighted by atomic mass is 10.2. The highest BCUT2D eigenvalue weighted by Gasteiger charge is 2.20. The summed E-state index contributed by atoms with van der Waals surface area (Å²) in [6.45, 7) is 3.51. The quantitative estimate of drug-likeness (QED) is 0.518. The van der Waals surface area contributed by atoms with Crippen molar-refractivity contribution in [3.8, 4) is 0 Å². The number of rotatable bonds is 4. The predicted molar refractivity (Wildman–Crippen MR) is 74.7 cm³/mol. The van der Waals surface area contributed by atoms with Gasteiger partial charge in [-0.2, -0.15) is 4.99 Å². The van der Waals surface area contributed by atoms with Crippen molar-refractivity contribution in [2.24, 2.45) is 4.99 Å². The monoisotopic (exact) mass is 299 g/mol. The Hall–Kier alpha value is -1.64. The first kappa shape index (κ1) is 14.8. The van der Waals surface area contributed by atoms with E-state index in [4.69, 9.17) is 5.11 Å². The number of quaternary nitrogens is 1. The zero-order chi connectivity index (χ0) is 14.6. The second-order valence-corrected chi connectivity index (χ2v) is 6.34. The molecular weight excluding hydrogens is 280 g/mol. The normalized spacial score (nSPS) is 19.1. The van der Waals surface area contributed by atoms with Crippen LogP contribution in [0.3, 0.4) is 0 Å². The van der Waals surface area contributed by atoms with E-state index in [-0.39, 0.29) is 17.5 Å². The highest BCUT2D eigenvalue weighted by molar-refractivity contribution is 7.90. The second kappa shape index (κ2) is 6.21. The van der Waals surface area contributed by atoms with E-state index < -0.39 is 10.0 Å². The van der Waals surface area contributed by atoms with Gasteiger partial charge in [0.25, 0.3) is 10.0 Å². The van der Waals surface area contributed by atoms with E-state index in [1.807, 2.05) is 6.92 Å². The van der Waals surface area contributed by atoms with Gasteiger partial charge >= 0.3 is 0 Å². The highest BCUT2D eigenvalue weighted by Crippen LogP contribution is 2.09. The molecule has 0 radical (unpaired) electrons. The first-order valence-electron chi connectivity index (χ1n) is 6.33. The third-order valence-electron chi connectivity index (χ3n) is 2.99. The molecule has 20 heavy (non-hydrogen) atoms. The van der Waals surface area contributed by atoms with Gasteiger partial charge in [-0.15, -0.1) is 0 Å². The number of hydrogen-bond donors (Lipinski definition) is 4. The van der Waals surface area contributed by atoms with Crippen LogP contribution in [0.15, 0.2) is 34.2 Å². The van der Waals surface area contributed by atoms with Crippen molar-refractivity contribution >= 4 is 16.0 Å². The lowest BCUT2D eigenvalue weighted by Gasteiger charge is -2.23. The molecule has 1 aromatic carbocycles. The molecule has 0 aromatic heterocycles. The summed E-state index contributed by atoms with van der Waals surface area (Å²) in [5.74, 6) is 0.243. The Bertz CT molecular complexity index is 583. The number of aliphatic hydroxyl groups excluding tert-OH is 1. The van der Waals surface area contributed by atoms with Crippen molar-refractivity contribution in [2.45, 2.75) is 11.8 Å². The molecule has 0 bridgehead atoms. The summed E-state index contributed by atoms with van der Waals surface area (Å²) in [6, 6.07) is 6.62. The van der Waals surface area contributed by atoms with Gasteiger partial charge in [0.05, 0.1) is 11.5 Å². The van der Waals surface area contributed by atoms with Gasteiger partial charge in [-0.1, -0.05) is 17.7 Å². The number of aryl methyl sites for hydroxylation is 1. The fraction of sp³-hybridized carbons (Fsp3) is 0.417. The minimum atomic E-state index is -3.61. The second-order valence-electron chi connectivity index (χ2n) is 4.66. The van der Waals surface area contributed by atoms with E-state index in [1.54, 1.807) is 24.3 Å². The molecule has 0 saturated carbocycles. The topological polar surface area (TPSA) is 95.2 Å². The largest absolute Gasteiger partial charge is 0.391 e. The van der Waals surface area contributed by atoms with Crippen LogP contribution in [0.25, 0.3) is 0 Å². The number of nitrogens with one attached hydrogen (secondary N) is 3. The van der Waals surface area contributed by atoms with Crippen molar-refractivity contribution in [2.75, 3.05) is 26.5 Å². The van der Waals surface area contributed by atoms with Gasteiger partial charge in [-0.05, 0) is 19.1 Å². The average Bonchev–Trinajstić information content (AvgIpc) is 2.41. The van der Waals surface area contributed by atoms with Crippen LogP contribution in [-0.4, -0.2) is 46.0 Å². The van der Waals surface area contributed by atoms with E-state index in [0.29, 0.717) is 19.9 Å². The molecule has 7 nitrogen and oxygen atoms in total. The Morgan fingerprint density at radius 1 is 1.40 bits per heavy atom. The van der Waals surface area contributed by atoms with Crippen LogP contribution in [0, 0.1) is 6.92 Å². The maximum atomic E-state index is 12.1. The molecule has 1 heterocycles. The Kier molecular flexibility index (Phi) is 4.58. The fourth-order valence-electron chi connectivity index (χ4n) is 1.81. The molecular formula is C12H19N4O3S+. The van der Waals surface area contributed by atoms with Crippen molar-refractivity contribution in [3.05, 3.63) is 29.8 Å². The number of guanidine groups is 1. The third kappa shape index (κ3) is 3.69. The van der Waals surface area contributed by atoms with Crippen LogP contribution in [0.4, 0.5) is 0 Å². The Labute approximate surface area is 118 Å². The molecule has 4 N–H and O–H groups in total. The molecule has 0 fully saturated rings. The van der Waals surface area contributed by atoms with Crippen molar-refractivity contribution < 1.29 is 18.4 Å². The Morgan fingerprint density at radius 2 is 2.10 bits per heavy atom. The number of benzene rings is 1. The SMILES string of the molecule is Cc1ccc(S(=O)(=O)NC2=NC[NH+](CCO)CN2)cc1. The van der Waals surface area contributed by atoms with E-state index >= 15 is 0 Å². The molecule has 1 aromatic rings. The molecule has 1 aliphatic heterocycles. The van der Waals surface area contributed by atoms with Gasteiger partial charge in [0.1, 0.15) is 6.54 Å². The van der Waals surface area contributed by atoms with Crippen molar-refractivity contribution in [3.63, 3.8) is 0 Å². The molecule has 0 saturated heterocycles. The Balaban J connectivity index is 2.04. The molecule has 0 aliphatic carbocycles. The van der Waals surface area contributed by atoms with Gasteiger partial charge in [0.15, 0.2) is 13.3 Å². The average molecular weight is 299 g/mol. The minimum Gasteiger partial charge on any atom is -0.391 e. The lowest BCUT2D eigenvalue weighted by Crippen LogP contribution is -3.15. The van der Waals surface area contributed by atoms with Gasteiger partial charge in [-0.3, -0.25) is 4.90 Å². The molecule has 0 amide bonds. The first-order chi connectivity index (χ1) is 9.51. The van der Waals surface area contributed by atoms with Crippen LogP contribution in [0.2, 0.25) is 0 Å². The van der Waals surface area contributed by atoms with Crippen molar-refractivity contribution in [1.29, 1.82) is 0 Å². The summed E-state index contributed by atoms with van der Waals surface area (Å²) in [5.41, 5.74) is 1.00. The van der Waals surface area contributed by atoms with E-state index in [2.05, 4.69) is 15.0 Å². The van der Waals surface area contributed by atoms with Crippen molar-refractivity contribution in [1.82, 2.24) is 10.0 Å². The van der Waals surface area contributed by atoms with E-state index in [9.17, 15) is 8.42 Å². The van der Waals surface area contributed by atoms with E-state index in [0.717, 1.165) is 10.5 Å². The predicted octanol–water partition coefficient (Wildman–Crippen LogP) is -1.98. The number of aliphatic imine (C=N–C) groups is 1. The summed E-state index contributed by atoms with van der Waals surface area (Å²) < 4.78 is 26.7. The summed E-state index contributed by atoms with van der Waals surface area (Å²) >= 11 is 0. The Morgan fingerprint density at radius 3 is 2.65 bits per heavy atom. The summed E-state index contributed by atoms with van der Waals surface area (Å²) in [4.78, 5) is 5.38. The maximum Gasteiger partial charge on any atom is 0.264 e. The van der Waals surface area contributed by atoms with Gasteiger partial charge in [-0.25, -0.2) is 13.1 Å². The molecule has 110 valence electrons. The first-order valence-corrected chi connectivity index (χ1v) is 7.82. The minimum absolute atomic E-state index is 0.0803. The smallest absolute Gasteiger partial charge is 0.264 e. The van der Waals surface area contributed by atoms with Crippen LogP contribution in [0.5, 0.6) is 0 Å². The standard InChI is InChI=1S/C12H18N4O3S/c1-10-2-4-11(5-3-10)20(18,19)15-12-13-8-16(6-7-17)9-14-12/h2-5,17H,6-9H2,1H3,(H2,13,14,15)/p+1. The third-order valence-corrected chi connectivity index (χ3v) is 4.35. The number of nitrogens with zero attached hydrogens (tertiary/aromatic N) is 1. The molecule has 1 aliphatic rings. The van der Waals surface area contributed by atoms with Gasteiger partial charge < -0.3 is 10.4 Å². The number of aliphatic hydroxyl groups is 1. The number of sulfonamides is 1. The van der Waals surface area contributed by atoms with Crippen LogP contribution >= 0.6 is 0 Å². The van der Waals surface area contributed by atoms with Crippen LogP contribution in [0.1, 0.15) is 5.56 Å². The van der Waals surface area contributed by atoms with Crippen LogP contribution < -0.4 is 14.9 Å². The van der Waals surface area contributed by atoms with Crippen LogP contribution in [-0.2, 0) is 10.0 Å².